The summed E-state index contributed by atoms with van der Waals surface area (Å²) in [6.45, 7) is 4.15. The molecule has 0 aliphatic carbocycles. The second-order valence-corrected chi connectivity index (χ2v) is 6.57. The summed E-state index contributed by atoms with van der Waals surface area (Å²) in [6.07, 6.45) is 20.3. The zero-order chi connectivity index (χ0) is 17.2. The summed E-state index contributed by atoms with van der Waals surface area (Å²) in [7, 11) is 0. The second-order valence-electron chi connectivity index (χ2n) is 6.57. The van der Waals surface area contributed by atoms with E-state index in [0.717, 1.165) is 6.42 Å². The SMILES string of the molecule is CCCCCCCCCCCCC/C=C/C(C)C(CO)N=[N+]=[N-]. The molecule has 2 atom stereocenters. The summed E-state index contributed by atoms with van der Waals surface area (Å²) in [5.74, 6) is 0.101. The lowest BCUT2D eigenvalue weighted by atomic mass is 10.0. The summed E-state index contributed by atoms with van der Waals surface area (Å²) < 4.78 is 0. The minimum atomic E-state index is -0.339. The van der Waals surface area contributed by atoms with Gasteiger partial charge in [-0.25, -0.2) is 0 Å². The van der Waals surface area contributed by atoms with Gasteiger partial charge in [0.05, 0.1) is 12.6 Å². The Hall–Kier alpha value is -0.990. The van der Waals surface area contributed by atoms with Crippen LogP contribution in [-0.4, -0.2) is 17.8 Å². The van der Waals surface area contributed by atoms with Crippen molar-refractivity contribution in [2.45, 2.75) is 96.9 Å². The molecule has 0 fully saturated rings. The maximum absolute atomic E-state index is 9.13. The van der Waals surface area contributed by atoms with Crippen molar-refractivity contribution in [3.8, 4) is 0 Å². The summed E-state index contributed by atoms with van der Waals surface area (Å²) in [5, 5.41) is 12.7. The van der Waals surface area contributed by atoms with Crippen LogP contribution < -0.4 is 0 Å². The summed E-state index contributed by atoms with van der Waals surface area (Å²) in [6, 6.07) is -0.339. The number of aliphatic hydroxyl groups is 1. The van der Waals surface area contributed by atoms with Crippen LogP contribution in [0.2, 0.25) is 0 Å². The molecule has 0 amide bonds. The van der Waals surface area contributed by atoms with Gasteiger partial charge < -0.3 is 5.11 Å². The van der Waals surface area contributed by atoms with E-state index in [9.17, 15) is 0 Å². The Labute approximate surface area is 143 Å². The molecule has 134 valence electrons. The van der Waals surface area contributed by atoms with Crippen LogP contribution in [0.3, 0.4) is 0 Å². The Balaban J connectivity index is 3.41. The molecule has 0 saturated carbocycles. The van der Waals surface area contributed by atoms with Crippen molar-refractivity contribution in [2.75, 3.05) is 6.61 Å². The van der Waals surface area contributed by atoms with Crippen molar-refractivity contribution < 1.29 is 5.11 Å². The number of unbranched alkanes of at least 4 members (excludes halogenated alkanes) is 11. The molecule has 0 heterocycles. The minimum absolute atomic E-state index is 0.0893. The highest BCUT2D eigenvalue weighted by Crippen LogP contribution is 2.13. The monoisotopic (exact) mass is 323 g/mol. The lowest BCUT2D eigenvalue weighted by Gasteiger charge is -2.12. The molecule has 23 heavy (non-hydrogen) atoms. The van der Waals surface area contributed by atoms with Gasteiger partial charge in [-0.15, -0.1) is 0 Å². The van der Waals surface area contributed by atoms with Gasteiger partial charge in [-0.3, -0.25) is 0 Å². The van der Waals surface area contributed by atoms with Gasteiger partial charge in [0.25, 0.3) is 0 Å². The van der Waals surface area contributed by atoms with Crippen LogP contribution in [0.5, 0.6) is 0 Å². The van der Waals surface area contributed by atoms with Gasteiger partial charge in [-0.1, -0.05) is 95.3 Å². The molecule has 1 N–H and O–H groups in total. The van der Waals surface area contributed by atoms with Gasteiger partial charge in [0.2, 0.25) is 0 Å². The van der Waals surface area contributed by atoms with E-state index in [-0.39, 0.29) is 18.6 Å². The van der Waals surface area contributed by atoms with Crippen molar-refractivity contribution >= 4 is 0 Å². The van der Waals surface area contributed by atoms with Crippen molar-refractivity contribution in [3.05, 3.63) is 22.6 Å². The number of azide groups is 1. The van der Waals surface area contributed by atoms with E-state index in [1.54, 1.807) is 0 Å². The average Bonchev–Trinajstić information content (AvgIpc) is 2.56. The first-order valence-corrected chi connectivity index (χ1v) is 9.58. The highest BCUT2D eigenvalue weighted by atomic mass is 16.3. The third kappa shape index (κ3) is 14.3. The molecule has 0 aliphatic heterocycles. The molecule has 4 nitrogen and oxygen atoms in total. The van der Waals surface area contributed by atoms with Gasteiger partial charge in [0, 0.05) is 4.91 Å². The number of hydrogen-bond donors (Lipinski definition) is 1. The first-order chi connectivity index (χ1) is 11.3. The third-order valence-electron chi connectivity index (χ3n) is 4.41. The fraction of sp³-hybridized carbons (Fsp3) is 0.895. The van der Waals surface area contributed by atoms with E-state index < -0.39 is 0 Å². The van der Waals surface area contributed by atoms with E-state index in [0.29, 0.717) is 0 Å². The smallest absolute Gasteiger partial charge is 0.0665 e. The molecule has 4 heteroatoms. The lowest BCUT2D eigenvalue weighted by molar-refractivity contribution is 0.246. The second kappa shape index (κ2) is 17.4. The number of nitrogens with zero attached hydrogens (tertiary/aromatic N) is 3. The number of hydrogen-bond acceptors (Lipinski definition) is 2. The Morgan fingerprint density at radius 1 is 0.957 bits per heavy atom. The van der Waals surface area contributed by atoms with Crippen LogP contribution >= 0.6 is 0 Å². The molecule has 0 bridgehead atoms. The first-order valence-electron chi connectivity index (χ1n) is 9.58. The van der Waals surface area contributed by atoms with E-state index in [1.165, 1.54) is 70.6 Å². The molecular weight excluding hydrogens is 286 g/mol. The van der Waals surface area contributed by atoms with E-state index in [2.05, 4.69) is 29.1 Å². The number of aliphatic hydroxyl groups excluding tert-OH is 1. The summed E-state index contributed by atoms with van der Waals surface area (Å²) in [5.41, 5.74) is 8.42. The van der Waals surface area contributed by atoms with Crippen molar-refractivity contribution in [3.63, 3.8) is 0 Å². The Kier molecular flexibility index (Phi) is 16.6. The normalized spacial score (nSPS) is 13.9. The largest absolute Gasteiger partial charge is 0.396 e. The fourth-order valence-corrected chi connectivity index (χ4v) is 2.74. The van der Waals surface area contributed by atoms with E-state index >= 15 is 0 Å². The van der Waals surface area contributed by atoms with Gasteiger partial charge in [-0.05, 0) is 24.3 Å². The lowest BCUT2D eigenvalue weighted by Crippen LogP contribution is -2.17. The van der Waals surface area contributed by atoms with Gasteiger partial charge in [0.15, 0.2) is 0 Å². The molecular formula is C19H37N3O. The van der Waals surface area contributed by atoms with Crippen LogP contribution in [-0.2, 0) is 0 Å². The predicted octanol–water partition coefficient (Wildman–Crippen LogP) is 6.55. The maximum Gasteiger partial charge on any atom is 0.0665 e. The molecule has 0 aliphatic rings. The van der Waals surface area contributed by atoms with E-state index in [1.807, 2.05) is 6.92 Å². The Morgan fingerprint density at radius 3 is 1.96 bits per heavy atom. The van der Waals surface area contributed by atoms with Crippen LogP contribution in [0.15, 0.2) is 17.3 Å². The molecule has 0 saturated heterocycles. The van der Waals surface area contributed by atoms with Crippen molar-refractivity contribution in [2.24, 2.45) is 11.0 Å². The molecule has 2 unspecified atom stereocenters. The zero-order valence-corrected chi connectivity index (χ0v) is 15.3. The molecule has 0 aromatic rings. The van der Waals surface area contributed by atoms with Gasteiger partial charge in [-0.2, -0.15) is 0 Å². The Morgan fingerprint density at radius 2 is 1.48 bits per heavy atom. The number of rotatable bonds is 16. The highest BCUT2D eigenvalue weighted by Gasteiger charge is 2.10. The third-order valence-corrected chi connectivity index (χ3v) is 4.41. The average molecular weight is 324 g/mol. The summed E-state index contributed by atoms with van der Waals surface area (Å²) in [4.78, 5) is 2.77. The molecule has 0 aromatic heterocycles. The maximum atomic E-state index is 9.13. The summed E-state index contributed by atoms with van der Waals surface area (Å²) >= 11 is 0. The van der Waals surface area contributed by atoms with Gasteiger partial charge in [0.1, 0.15) is 0 Å². The van der Waals surface area contributed by atoms with Crippen molar-refractivity contribution in [1.29, 1.82) is 0 Å². The molecule has 0 aromatic carbocycles. The predicted molar refractivity (Wildman–Crippen MR) is 99.4 cm³/mol. The highest BCUT2D eigenvalue weighted by molar-refractivity contribution is 4.92. The van der Waals surface area contributed by atoms with Crippen LogP contribution in [0.1, 0.15) is 90.9 Å². The quantitative estimate of drug-likeness (QED) is 0.113. The topological polar surface area (TPSA) is 69.0 Å². The van der Waals surface area contributed by atoms with Crippen LogP contribution in [0.25, 0.3) is 10.4 Å². The molecule has 0 radical (unpaired) electrons. The first kappa shape index (κ1) is 22.0. The standard InChI is InChI=1S/C19H37N3O/c1-3-4-5-6-7-8-9-10-11-12-13-14-15-16-18(2)19(17-23)21-22-20/h15-16,18-19,23H,3-14,17H2,1-2H3/b16-15+. The van der Waals surface area contributed by atoms with E-state index in [4.69, 9.17) is 10.6 Å². The van der Waals surface area contributed by atoms with Crippen molar-refractivity contribution in [1.82, 2.24) is 0 Å². The van der Waals surface area contributed by atoms with Crippen LogP contribution in [0.4, 0.5) is 0 Å². The van der Waals surface area contributed by atoms with Gasteiger partial charge >= 0.3 is 0 Å². The molecule has 0 rings (SSSR count). The minimum Gasteiger partial charge on any atom is -0.396 e. The zero-order valence-electron chi connectivity index (χ0n) is 15.3. The fourth-order valence-electron chi connectivity index (χ4n) is 2.74. The number of allylic oxidation sites excluding steroid dienone is 1. The Bertz CT molecular complexity index is 325. The molecule has 0 spiro atoms. The van der Waals surface area contributed by atoms with Crippen LogP contribution in [0, 0.1) is 5.92 Å².